The van der Waals surface area contributed by atoms with Crippen LogP contribution in [0.15, 0.2) is 42.1 Å². The number of benzene rings is 1. The topological polar surface area (TPSA) is 77.0 Å². The van der Waals surface area contributed by atoms with E-state index in [1.807, 2.05) is 23.1 Å². The van der Waals surface area contributed by atoms with Crippen LogP contribution in [0.2, 0.25) is 0 Å². The minimum absolute atomic E-state index is 0.0777. The fraction of sp³-hybridized carbons (Fsp3) is 0.312. The van der Waals surface area contributed by atoms with Gasteiger partial charge in [-0.05, 0) is 24.5 Å². The number of nitrogen functional groups attached to an aromatic ring is 1. The average molecular weight is 329 g/mol. The lowest BCUT2D eigenvalue weighted by molar-refractivity contribution is -0.116. The number of carbonyl (C=O) groups excluding carboxylic acids is 1. The Labute approximate surface area is 139 Å². The molecule has 0 atom stereocenters. The summed E-state index contributed by atoms with van der Waals surface area (Å²) in [5, 5.41) is 8.53. The van der Waals surface area contributed by atoms with Crippen LogP contribution in [0.5, 0.6) is 0 Å². The van der Waals surface area contributed by atoms with Gasteiger partial charge >= 0.3 is 0 Å². The molecular weight excluding hydrogens is 310 g/mol. The molecule has 0 radical (unpaired) electrons. The molecule has 1 amide bonds. The largest absolute Gasteiger partial charge is 0.368 e. The van der Waals surface area contributed by atoms with Gasteiger partial charge in [0.05, 0.1) is 5.75 Å². The van der Waals surface area contributed by atoms with Gasteiger partial charge in [0.25, 0.3) is 0 Å². The third-order valence-electron chi connectivity index (χ3n) is 3.79. The second kappa shape index (κ2) is 6.87. The van der Waals surface area contributed by atoms with E-state index < -0.39 is 0 Å². The average Bonchev–Trinajstić information content (AvgIpc) is 2.93. The van der Waals surface area contributed by atoms with Crippen LogP contribution in [0, 0.1) is 0 Å². The Morgan fingerprint density at radius 2 is 2.22 bits per heavy atom. The highest BCUT2D eigenvalue weighted by molar-refractivity contribution is 7.99. The summed E-state index contributed by atoms with van der Waals surface area (Å²) in [6.07, 6.45) is 3.75. The molecule has 0 saturated heterocycles. The minimum Gasteiger partial charge on any atom is -0.368 e. The first kappa shape index (κ1) is 15.6. The molecule has 0 fully saturated rings. The first-order chi connectivity index (χ1) is 11.2. The van der Waals surface area contributed by atoms with Crippen molar-refractivity contribution < 1.29 is 4.79 Å². The van der Waals surface area contributed by atoms with Crippen LogP contribution in [-0.2, 0) is 17.8 Å². The van der Waals surface area contributed by atoms with Crippen LogP contribution < -0.4 is 10.6 Å². The van der Waals surface area contributed by atoms with Gasteiger partial charge in [0.2, 0.25) is 11.9 Å². The Bertz CT molecular complexity index is 727. The maximum absolute atomic E-state index is 12.6. The molecule has 23 heavy (non-hydrogen) atoms. The number of para-hydroxylation sites is 1. The highest BCUT2D eigenvalue weighted by Gasteiger charge is 2.22. The van der Waals surface area contributed by atoms with Crippen LogP contribution in [0.4, 0.5) is 11.6 Å². The summed E-state index contributed by atoms with van der Waals surface area (Å²) in [4.78, 5) is 14.5. The number of nitrogens with two attached hydrogens (primary N) is 1. The van der Waals surface area contributed by atoms with Gasteiger partial charge in [-0.2, -0.15) is 0 Å². The lowest BCUT2D eigenvalue weighted by Crippen LogP contribution is -2.36. The molecule has 0 spiro atoms. The number of allylic oxidation sites excluding steroid dienone is 1. The zero-order valence-electron chi connectivity index (χ0n) is 12.8. The van der Waals surface area contributed by atoms with Gasteiger partial charge < -0.3 is 10.6 Å². The van der Waals surface area contributed by atoms with E-state index in [0.29, 0.717) is 23.4 Å². The van der Waals surface area contributed by atoms with Crippen molar-refractivity contribution in [1.82, 2.24) is 14.8 Å². The highest BCUT2D eigenvalue weighted by Crippen LogP contribution is 2.28. The van der Waals surface area contributed by atoms with Crippen molar-refractivity contribution in [2.75, 3.05) is 22.9 Å². The summed E-state index contributed by atoms with van der Waals surface area (Å²) in [5.41, 5.74) is 8.03. The van der Waals surface area contributed by atoms with Gasteiger partial charge in [0.1, 0.15) is 0 Å². The molecule has 0 unspecified atom stereocenters. The van der Waals surface area contributed by atoms with Crippen LogP contribution in [0.1, 0.15) is 12.0 Å². The zero-order valence-corrected chi connectivity index (χ0v) is 13.6. The van der Waals surface area contributed by atoms with E-state index in [1.54, 1.807) is 10.6 Å². The predicted octanol–water partition coefficient (Wildman–Crippen LogP) is 2.12. The fourth-order valence-electron chi connectivity index (χ4n) is 2.70. The van der Waals surface area contributed by atoms with E-state index in [0.717, 1.165) is 25.1 Å². The summed E-state index contributed by atoms with van der Waals surface area (Å²) < 4.78 is 1.75. The van der Waals surface area contributed by atoms with Gasteiger partial charge in [0, 0.05) is 18.8 Å². The summed E-state index contributed by atoms with van der Waals surface area (Å²) in [7, 11) is 0. The second-order valence-electron chi connectivity index (χ2n) is 5.31. The summed E-state index contributed by atoms with van der Waals surface area (Å²) in [6, 6.07) is 8.08. The third-order valence-corrected chi connectivity index (χ3v) is 4.74. The Hall–Kier alpha value is -2.28. The molecule has 0 saturated carbocycles. The number of nitrogens with zero attached hydrogens (tertiary/aromatic N) is 4. The summed E-state index contributed by atoms with van der Waals surface area (Å²) in [5.74, 6) is 0.723. The van der Waals surface area contributed by atoms with E-state index in [9.17, 15) is 4.79 Å². The van der Waals surface area contributed by atoms with Crippen molar-refractivity contribution in [1.29, 1.82) is 0 Å². The van der Waals surface area contributed by atoms with Crippen LogP contribution >= 0.6 is 11.8 Å². The third kappa shape index (κ3) is 3.24. The second-order valence-corrected chi connectivity index (χ2v) is 6.25. The van der Waals surface area contributed by atoms with Gasteiger partial charge in [-0.25, -0.2) is 0 Å². The molecule has 7 heteroatoms. The zero-order chi connectivity index (χ0) is 16.2. The smallest absolute Gasteiger partial charge is 0.237 e. The fourth-order valence-corrected chi connectivity index (χ4v) is 3.54. The van der Waals surface area contributed by atoms with Crippen molar-refractivity contribution in [3.63, 3.8) is 0 Å². The number of amides is 1. The van der Waals surface area contributed by atoms with E-state index >= 15 is 0 Å². The number of carbonyl (C=O) groups is 1. The van der Waals surface area contributed by atoms with Crippen LogP contribution in [0.3, 0.4) is 0 Å². The van der Waals surface area contributed by atoms with Crippen LogP contribution in [-0.4, -0.2) is 33.0 Å². The van der Waals surface area contributed by atoms with E-state index in [1.165, 1.54) is 17.3 Å². The van der Waals surface area contributed by atoms with Crippen molar-refractivity contribution >= 4 is 29.3 Å². The molecule has 1 aromatic heterocycles. The van der Waals surface area contributed by atoms with Crippen molar-refractivity contribution in [3.8, 4) is 0 Å². The first-order valence-electron chi connectivity index (χ1n) is 7.51. The number of rotatable bonds is 5. The summed E-state index contributed by atoms with van der Waals surface area (Å²) >= 11 is 1.35. The maximum Gasteiger partial charge on any atom is 0.237 e. The normalized spacial score (nSPS) is 13.7. The number of anilines is 2. The SMILES string of the molecule is C=CCn1c(N)nnc1SCC(=O)N1CCCc2ccccc21. The summed E-state index contributed by atoms with van der Waals surface area (Å²) in [6.45, 7) is 4.99. The van der Waals surface area contributed by atoms with Crippen molar-refractivity contribution in [2.24, 2.45) is 0 Å². The number of aromatic nitrogens is 3. The van der Waals surface area contributed by atoms with E-state index in [4.69, 9.17) is 5.73 Å². The molecule has 6 nitrogen and oxygen atoms in total. The molecule has 2 N–H and O–H groups in total. The van der Waals surface area contributed by atoms with Crippen molar-refractivity contribution in [3.05, 3.63) is 42.5 Å². The van der Waals surface area contributed by atoms with Crippen LogP contribution in [0.25, 0.3) is 0 Å². The number of fused-ring (bicyclic) bond motifs is 1. The molecule has 120 valence electrons. The molecule has 0 aliphatic carbocycles. The molecule has 1 aliphatic rings. The first-order valence-corrected chi connectivity index (χ1v) is 8.50. The lowest BCUT2D eigenvalue weighted by Gasteiger charge is -2.29. The Kier molecular flexibility index (Phi) is 4.66. The molecule has 2 aromatic rings. The molecular formula is C16H19N5OS. The molecule has 3 rings (SSSR count). The Balaban J connectivity index is 1.70. The molecule has 1 aliphatic heterocycles. The highest BCUT2D eigenvalue weighted by atomic mass is 32.2. The van der Waals surface area contributed by atoms with E-state index in [2.05, 4.69) is 22.8 Å². The Morgan fingerprint density at radius 1 is 1.39 bits per heavy atom. The number of aryl methyl sites for hydroxylation is 1. The quantitative estimate of drug-likeness (QED) is 0.671. The number of thioether (sulfide) groups is 1. The van der Waals surface area contributed by atoms with Gasteiger partial charge in [-0.1, -0.05) is 36.0 Å². The van der Waals surface area contributed by atoms with Gasteiger partial charge in [-0.15, -0.1) is 16.8 Å². The predicted molar refractivity (Wildman–Crippen MR) is 92.5 cm³/mol. The monoisotopic (exact) mass is 329 g/mol. The number of hydrogen-bond acceptors (Lipinski definition) is 5. The molecule has 0 bridgehead atoms. The van der Waals surface area contributed by atoms with Gasteiger partial charge in [0.15, 0.2) is 5.16 Å². The molecule has 1 aromatic carbocycles. The minimum atomic E-state index is 0.0777. The Morgan fingerprint density at radius 3 is 3.04 bits per heavy atom. The van der Waals surface area contributed by atoms with Crippen molar-refractivity contribution in [2.45, 2.75) is 24.5 Å². The lowest BCUT2D eigenvalue weighted by atomic mass is 10.0. The van der Waals surface area contributed by atoms with E-state index in [-0.39, 0.29) is 5.91 Å². The van der Waals surface area contributed by atoms with Gasteiger partial charge in [-0.3, -0.25) is 9.36 Å². The maximum atomic E-state index is 12.6. The standard InChI is InChI=1S/C16H19N5OS/c1-2-9-21-15(17)18-19-16(21)23-11-14(22)20-10-5-7-12-6-3-4-8-13(12)20/h2-4,6,8H,1,5,7,9-11H2,(H2,17,18). The number of hydrogen-bond donors (Lipinski definition) is 1. The molecule has 2 heterocycles.